The van der Waals surface area contributed by atoms with Crippen LogP contribution in [0.25, 0.3) is 22.6 Å². The standard InChI is InChI=1S/C34H34N6O2/c1-23-9-12-28(36-33(41)25-7-6-8-27(17-25)34(2,3)4)18-31(23)39-15-16-40-32(39)19-30(37-40)26-20-35-38(22-26)21-24-10-13-29(42-5)14-11-24/h6-20,22H,21H2,1-5H3,(H,36,41). The summed E-state index contributed by atoms with van der Waals surface area (Å²) in [5.41, 5.74) is 8.32. The van der Waals surface area contributed by atoms with Crippen molar-refractivity contribution in [2.24, 2.45) is 0 Å². The Balaban J connectivity index is 1.24. The second kappa shape index (κ2) is 10.7. The largest absolute Gasteiger partial charge is 0.497 e. The Morgan fingerprint density at radius 3 is 2.55 bits per heavy atom. The van der Waals surface area contributed by atoms with Crippen LogP contribution in [0.1, 0.15) is 47.8 Å². The van der Waals surface area contributed by atoms with E-state index < -0.39 is 0 Å². The Morgan fingerprint density at radius 2 is 1.79 bits per heavy atom. The van der Waals surface area contributed by atoms with Gasteiger partial charge in [-0.1, -0.05) is 51.1 Å². The van der Waals surface area contributed by atoms with Gasteiger partial charge in [0.15, 0.2) is 0 Å². The van der Waals surface area contributed by atoms with E-state index in [0.717, 1.165) is 50.7 Å². The first-order chi connectivity index (χ1) is 20.2. The molecule has 0 aliphatic carbocycles. The number of anilines is 1. The van der Waals surface area contributed by atoms with Crippen molar-refractivity contribution in [1.29, 1.82) is 0 Å². The number of carbonyl (C=O) groups is 1. The molecule has 0 spiro atoms. The number of nitrogens with one attached hydrogen (secondary N) is 1. The van der Waals surface area contributed by atoms with Crippen LogP contribution in [0, 0.1) is 6.92 Å². The van der Waals surface area contributed by atoms with E-state index >= 15 is 0 Å². The van der Waals surface area contributed by atoms with Gasteiger partial charge in [-0.2, -0.15) is 10.2 Å². The van der Waals surface area contributed by atoms with Crippen LogP contribution in [-0.4, -0.2) is 37.0 Å². The Morgan fingerprint density at radius 1 is 0.976 bits per heavy atom. The van der Waals surface area contributed by atoms with E-state index in [1.165, 1.54) is 0 Å². The molecule has 0 aliphatic rings. The van der Waals surface area contributed by atoms with Gasteiger partial charge in [0.05, 0.1) is 31.2 Å². The molecule has 0 saturated heterocycles. The summed E-state index contributed by atoms with van der Waals surface area (Å²) in [7, 11) is 1.66. The van der Waals surface area contributed by atoms with Crippen molar-refractivity contribution in [3.63, 3.8) is 0 Å². The molecule has 0 atom stereocenters. The lowest BCUT2D eigenvalue weighted by Gasteiger charge is -2.19. The molecule has 0 aliphatic heterocycles. The van der Waals surface area contributed by atoms with Crippen molar-refractivity contribution in [3.8, 4) is 22.7 Å². The SMILES string of the molecule is COc1ccc(Cn2cc(-c3cc4n(-c5cc(NC(=O)c6cccc(C(C)(C)C)c6)ccc5C)ccn4n3)cn2)cc1. The molecule has 1 N–H and O–H groups in total. The molecule has 0 radical (unpaired) electrons. The fourth-order valence-electron chi connectivity index (χ4n) is 5.00. The van der Waals surface area contributed by atoms with E-state index in [4.69, 9.17) is 9.84 Å². The number of benzene rings is 3. The molecule has 212 valence electrons. The predicted octanol–water partition coefficient (Wildman–Crippen LogP) is 6.90. The first-order valence-corrected chi connectivity index (χ1v) is 13.9. The highest BCUT2D eigenvalue weighted by molar-refractivity contribution is 6.04. The third kappa shape index (κ3) is 5.43. The normalized spacial score (nSPS) is 11.6. The number of carbonyl (C=O) groups excluding carboxylic acids is 1. The van der Waals surface area contributed by atoms with Gasteiger partial charge in [0, 0.05) is 41.5 Å². The van der Waals surface area contributed by atoms with Gasteiger partial charge in [0.1, 0.15) is 11.4 Å². The monoisotopic (exact) mass is 558 g/mol. The molecule has 6 rings (SSSR count). The first kappa shape index (κ1) is 27.1. The summed E-state index contributed by atoms with van der Waals surface area (Å²) in [6.45, 7) is 9.15. The third-order valence-corrected chi connectivity index (χ3v) is 7.47. The number of fused-ring (bicyclic) bond motifs is 1. The number of hydrogen-bond donors (Lipinski definition) is 1. The summed E-state index contributed by atoms with van der Waals surface area (Å²) in [5, 5.41) is 12.4. The molecular weight excluding hydrogens is 524 g/mol. The maximum absolute atomic E-state index is 13.1. The van der Waals surface area contributed by atoms with Crippen LogP contribution in [0.4, 0.5) is 5.69 Å². The molecule has 3 aromatic heterocycles. The Bertz CT molecular complexity index is 1890. The summed E-state index contributed by atoms with van der Waals surface area (Å²) in [6.07, 6.45) is 7.77. The van der Waals surface area contributed by atoms with E-state index in [0.29, 0.717) is 12.1 Å². The molecule has 6 aromatic rings. The maximum atomic E-state index is 13.1. The lowest BCUT2D eigenvalue weighted by Crippen LogP contribution is -2.16. The minimum absolute atomic E-state index is 0.0353. The summed E-state index contributed by atoms with van der Waals surface area (Å²) in [5.74, 6) is 0.700. The number of hydrogen-bond acceptors (Lipinski definition) is 4. The lowest BCUT2D eigenvalue weighted by atomic mass is 9.86. The van der Waals surface area contributed by atoms with Gasteiger partial charge in [0.2, 0.25) is 0 Å². The molecular formula is C34H34N6O2. The van der Waals surface area contributed by atoms with Crippen LogP contribution >= 0.6 is 0 Å². The quantitative estimate of drug-likeness (QED) is 0.231. The summed E-state index contributed by atoms with van der Waals surface area (Å²) < 4.78 is 11.1. The fourth-order valence-corrected chi connectivity index (χ4v) is 5.00. The molecule has 3 aromatic carbocycles. The van der Waals surface area contributed by atoms with Crippen molar-refractivity contribution in [2.75, 3.05) is 12.4 Å². The molecule has 0 saturated carbocycles. The van der Waals surface area contributed by atoms with Crippen LogP contribution in [0.15, 0.2) is 97.6 Å². The summed E-state index contributed by atoms with van der Waals surface area (Å²) in [6, 6.07) is 23.8. The van der Waals surface area contributed by atoms with Gasteiger partial charge in [-0.15, -0.1) is 0 Å². The van der Waals surface area contributed by atoms with Gasteiger partial charge in [0.25, 0.3) is 5.91 Å². The zero-order valence-electron chi connectivity index (χ0n) is 24.5. The third-order valence-electron chi connectivity index (χ3n) is 7.47. The van der Waals surface area contributed by atoms with Crippen LogP contribution < -0.4 is 10.1 Å². The number of aromatic nitrogens is 5. The van der Waals surface area contributed by atoms with Crippen molar-refractivity contribution < 1.29 is 9.53 Å². The predicted molar refractivity (Wildman–Crippen MR) is 166 cm³/mol. The van der Waals surface area contributed by atoms with Crippen LogP contribution in [0.2, 0.25) is 0 Å². The van der Waals surface area contributed by atoms with Crippen molar-refractivity contribution in [1.82, 2.24) is 24.0 Å². The highest BCUT2D eigenvalue weighted by Crippen LogP contribution is 2.27. The van der Waals surface area contributed by atoms with E-state index in [1.807, 2.05) is 94.6 Å². The second-order valence-electron chi connectivity index (χ2n) is 11.6. The van der Waals surface area contributed by atoms with E-state index in [2.05, 4.69) is 54.8 Å². The maximum Gasteiger partial charge on any atom is 0.255 e. The number of methoxy groups -OCH3 is 1. The second-order valence-corrected chi connectivity index (χ2v) is 11.6. The van der Waals surface area contributed by atoms with Crippen LogP contribution in [-0.2, 0) is 12.0 Å². The highest BCUT2D eigenvalue weighted by Gasteiger charge is 2.17. The van der Waals surface area contributed by atoms with Gasteiger partial charge in [-0.3, -0.25) is 14.0 Å². The average Bonchev–Trinajstić information content (AvgIpc) is 3.71. The molecule has 42 heavy (non-hydrogen) atoms. The Labute approximate surface area is 245 Å². The smallest absolute Gasteiger partial charge is 0.255 e. The minimum atomic E-state index is -0.133. The number of aryl methyl sites for hydroxylation is 1. The fraction of sp³-hybridized carbons (Fsp3) is 0.206. The van der Waals surface area contributed by atoms with Gasteiger partial charge < -0.3 is 10.1 Å². The minimum Gasteiger partial charge on any atom is -0.497 e. The van der Waals surface area contributed by atoms with E-state index in [1.54, 1.807) is 7.11 Å². The molecule has 3 heterocycles. The Kier molecular flexibility index (Phi) is 6.90. The summed E-state index contributed by atoms with van der Waals surface area (Å²) >= 11 is 0. The number of nitrogens with zero attached hydrogens (tertiary/aromatic N) is 5. The molecule has 0 unspecified atom stereocenters. The van der Waals surface area contributed by atoms with E-state index in [-0.39, 0.29) is 11.3 Å². The molecule has 8 nitrogen and oxygen atoms in total. The van der Waals surface area contributed by atoms with Gasteiger partial charge in [-0.25, -0.2) is 4.52 Å². The Hall–Kier alpha value is -5.11. The van der Waals surface area contributed by atoms with Crippen molar-refractivity contribution >= 4 is 17.2 Å². The van der Waals surface area contributed by atoms with Crippen LogP contribution in [0.3, 0.4) is 0 Å². The number of amides is 1. The van der Waals surface area contributed by atoms with Gasteiger partial charge >= 0.3 is 0 Å². The first-order valence-electron chi connectivity index (χ1n) is 13.9. The highest BCUT2D eigenvalue weighted by atomic mass is 16.5. The topological polar surface area (TPSA) is 78.4 Å². The number of rotatable bonds is 7. The van der Waals surface area contributed by atoms with Crippen molar-refractivity contribution in [2.45, 2.75) is 39.7 Å². The number of ether oxygens (including phenoxy) is 1. The molecule has 8 heteroatoms. The van der Waals surface area contributed by atoms with E-state index in [9.17, 15) is 4.79 Å². The van der Waals surface area contributed by atoms with Crippen LogP contribution in [0.5, 0.6) is 5.75 Å². The van der Waals surface area contributed by atoms with Crippen molar-refractivity contribution in [3.05, 3.63) is 120 Å². The molecule has 1 amide bonds. The molecule has 0 fully saturated rings. The van der Waals surface area contributed by atoms with Gasteiger partial charge in [-0.05, 0) is 65.4 Å². The molecule has 0 bridgehead atoms. The zero-order chi connectivity index (χ0) is 29.4. The average molecular weight is 559 g/mol. The zero-order valence-corrected chi connectivity index (χ0v) is 24.5. The lowest BCUT2D eigenvalue weighted by molar-refractivity contribution is 0.102. The summed E-state index contributed by atoms with van der Waals surface area (Å²) in [4.78, 5) is 13.1. The number of imidazole rings is 1.